The van der Waals surface area contributed by atoms with E-state index in [0.717, 1.165) is 22.3 Å². The van der Waals surface area contributed by atoms with E-state index >= 15 is 0 Å². The summed E-state index contributed by atoms with van der Waals surface area (Å²) in [7, 11) is 2.02. The highest BCUT2D eigenvalue weighted by molar-refractivity contribution is 6.31. The Hall–Kier alpha value is -2.20. The van der Waals surface area contributed by atoms with Crippen LogP contribution in [0.15, 0.2) is 49.1 Å². The van der Waals surface area contributed by atoms with Gasteiger partial charge in [-0.3, -0.25) is 15.0 Å². The minimum absolute atomic E-state index is 0.680. The van der Waals surface area contributed by atoms with Crippen LogP contribution in [0.25, 0.3) is 10.9 Å². The molecule has 1 aromatic carbocycles. The van der Waals surface area contributed by atoms with Crippen LogP contribution in [-0.4, -0.2) is 22.0 Å². The first-order valence-corrected chi connectivity index (χ1v) is 6.62. The second-order valence-corrected chi connectivity index (χ2v) is 4.98. The number of pyridine rings is 1. The molecule has 2 heterocycles. The minimum atomic E-state index is 0.680. The minimum Gasteiger partial charge on any atom is -0.368 e. The molecule has 5 heteroatoms. The van der Waals surface area contributed by atoms with Gasteiger partial charge in [-0.15, -0.1) is 0 Å². The predicted octanol–water partition coefficient (Wildman–Crippen LogP) is 3.31. The lowest BCUT2D eigenvalue weighted by Gasteiger charge is -2.20. The van der Waals surface area contributed by atoms with Crippen LogP contribution in [0.4, 0.5) is 5.69 Å². The molecule has 4 nitrogen and oxygen atoms in total. The molecule has 0 N–H and O–H groups in total. The van der Waals surface area contributed by atoms with Crippen molar-refractivity contribution in [2.75, 3.05) is 11.9 Å². The van der Waals surface area contributed by atoms with E-state index in [-0.39, 0.29) is 0 Å². The molecule has 0 spiro atoms. The molecular formula is C15H13ClN4. The van der Waals surface area contributed by atoms with Crippen LogP contribution in [0.3, 0.4) is 0 Å². The zero-order chi connectivity index (χ0) is 13.9. The van der Waals surface area contributed by atoms with Crippen molar-refractivity contribution in [2.24, 2.45) is 0 Å². The fraction of sp³-hybridized carbons (Fsp3) is 0.133. The number of rotatable bonds is 3. The highest BCUT2D eigenvalue weighted by Crippen LogP contribution is 2.27. The Balaban J connectivity index is 1.99. The summed E-state index contributed by atoms with van der Waals surface area (Å²) in [5.41, 5.74) is 2.92. The number of aromatic nitrogens is 3. The fourth-order valence-corrected chi connectivity index (χ4v) is 2.35. The molecule has 0 saturated carbocycles. The summed E-state index contributed by atoms with van der Waals surface area (Å²) in [6.07, 6.45) is 6.95. The van der Waals surface area contributed by atoms with Crippen LogP contribution in [0, 0.1) is 0 Å². The van der Waals surface area contributed by atoms with Crippen molar-refractivity contribution in [1.82, 2.24) is 15.0 Å². The van der Waals surface area contributed by atoms with E-state index in [4.69, 9.17) is 11.6 Å². The number of hydrogen-bond donors (Lipinski definition) is 0. The molecule has 0 unspecified atom stereocenters. The average molecular weight is 285 g/mol. The van der Waals surface area contributed by atoms with Crippen LogP contribution >= 0.6 is 11.6 Å². The quantitative estimate of drug-likeness (QED) is 0.740. The molecule has 0 fully saturated rings. The number of halogens is 1. The molecule has 0 atom stereocenters. The van der Waals surface area contributed by atoms with Gasteiger partial charge in [-0.25, -0.2) is 0 Å². The van der Waals surface area contributed by atoms with E-state index in [1.807, 2.05) is 31.3 Å². The predicted molar refractivity (Wildman–Crippen MR) is 80.9 cm³/mol. The van der Waals surface area contributed by atoms with Gasteiger partial charge >= 0.3 is 0 Å². The second-order valence-electron chi connectivity index (χ2n) is 4.54. The highest BCUT2D eigenvalue weighted by Gasteiger charge is 2.08. The molecule has 100 valence electrons. The topological polar surface area (TPSA) is 41.9 Å². The molecule has 0 amide bonds. The van der Waals surface area contributed by atoms with Gasteiger partial charge in [0.05, 0.1) is 24.0 Å². The van der Waals surface area contributed by atoms with Crippen molar-refractivity contribution >= 4 is 28.2 Å². The lowest BCUT2D eigenvalue weighted by molar-refractivity contribution is 0.876. The van der Waals surface area contributed by atoms with Gasteiger partial charge in [0, 0.05) is 41.7 Å². The van der Waals surface area contributed by atoms with E-state index in [1.54, 1.807) is 24.8 Å². The highest BCUT2D eigenvalue weighted by atomic mass is 35.5. The van der Waals surface area contributed by atoms with E-state index in [9.17, 15) is 0 Å². The van der Waals surface area contributed by atoms with Gasteiger partial charge in [0.1, 0.15) is 0 Å². The van der Waals surface area contributed by atoms with E-state index in [1.165, 1.54) is 0 Å². The van der Waals surface area contributed by atoms with Crippen LogP contribution in [0.5, 0.6) is 0 Å². The summed E-state index contributed by atoms with van der Waals surface area (Å²) in [4.78, 5) is 14.9. The molecule has 0 aliphatic carbocycles. The van der Waals surface area contributed by atoms with Crippen molar-refractivity contribution in [2.45, 2.75) is 6.54 Å². The number of hydrogen-bond acceptors (Lipinski definition) is 4. The third-order valence-electron chi connectivity index (χ3n) is 3.11. The smallest absolute Gasteiger partial charge is 0.0779 e. The van der Waals surface area contributed by atoms with Crippen molar-refractivity contribution in [3.05, 3.63) is 59.8 Å². The molecule has 20 heavy (non-hydrogen) atoms. The van der Waals surface area contributed by atoms with Gasteiger partial charge in [0.15, 0.2) is 0 Å². The van der Waals surface area contributed by atoms with Crippen LogP contribution < -0.4 is 4.90 Å². The first kappa shape index (κ1) is 12.8. The van der Waals surface area contributed by atoms with Crippen LogP contribution in [0.2, 0.25) is 5.02 Å². The molecule has 0 aliphatic rings. The van der Waals surface area contributed by atoms with E-state index in [2.05, 4.69) is 19.9 Å². The van der Waals surface area contributed by atoms with Crippen LogP contribution in [0.1, 0.15) is 5.69 Å². The van der Waals surface area contributed by atoms with E-state index in [0.29, 0.717) is 11.6 Å². The van der Waals surface area contributed by atoms with Crippen molar-refractivity contribution in [1.29, 1.82) is 0 Å². The third kappa shape index (κ3) is 2.56. The maximum absolute atomic E-state index is 6.09. The Bertz CT molecular complexity index is 730. The standard InChI is InChI=1S/C15H13ClN4/c1-20(10-12-9-17-6-7-18-12)15-4-5-19-14-3-2-11(16)8-13(14)15/h2-9H,10H2,1H3. The summed E-state index contributed by atoms with van der Waals surface area (Å²) in [5.74, 6) is 0. The number of nitrogens with zero attached hydrogens (tertiary/aromatic N) is 4. The van der Waals surface area contributed by atoms with Crippen molar-refractivity contribution in [3.63, 3.8) is 0 Å². The SMILES string of the molecule is CN(Cc1cnccn1)c1ccnc2ccc(Cl)cc12. The summed E-state index contributed by atoms with van der Waals surface area (Å²) >= 11 is 6.09. The Labute approximate surface area is 122 Å². The number of fused-ring (bicyclic) bond motifs is 1. The molecule has 0 saturated heterocycles. The van der Waals surface area contributed by atoms with Gasteiger partial charge in [-0.05, 0) is 24.3 Å². The average Bonchev–Trinajstić information content (AvgIpc) is 2.47. The zero-order valence-corrected chi connectivity index (χ0v) is 11.7. The third-order valence-corrected chi connectivity index (χ3v) is 3.34. The summed E-state index contributed by atoms with van der Waals surface area (Å²) < 4.78 is 0. The lowest BCUT2D eigenvalue weighted by Crippen LogP contribution is -2.17. The molecular weight excluding hydrogens is 272 g/mol. The first-order valence-electron chi connectivity index (χ1n) is 6.24. The Kier molecular flexibility index (Phi) is 3.48. The molecule has 2 aromatic heterocycles. The Morgan fingerprint density at radius 1 is 1.10 bits per heavy atom. The Morgan fingerprint density at radius 2 is 2.00 bits per heavy atom. The van der Waals surface area contributed by atoms with Gasteiger partial charge in [-0.2, -0.15) is 0 Å². The molecule has 3 rings (SSSR count). The second kappa shape index (κ2) is 5.43. The number of benzene rings is 1. The van der Waals surface area contributed by atoms with Crippen molar-refractivity contribution in [3.8, 4) is 0 Å². The van der Waals surface area contributed by atoms with Crippen molar-refractivity contribution < 1.29 is 0 Å². The maximum atomic E-state index is 6.09. The maximum Gasteiger partial charge on any atom is 0.0779 e. The summed E-state index contributed by atoms with van der Waals surface area (Å²) in [6, 6.07) is 7.70. The molecule has 0 aliphatic heterocycles. The molecule has 0 radical (unpaired) electrons. The number of anilines is 1. The van der Waals surface area contributed by atoms with Gasteiger partial charge in [-0.1, -0.05) is 11.6 Å². The van der Waals surface area contributed by atoms with Gasteiger partial charge < -0.3 is 4.90 Å². The summed E-state index contributed by atoms with van der Waals surface area (Å²) in [6.45, 7) is 0.680. The van der Waals surface area contributed by atoms with E-state index < -0.39 is 0 Å². The fourth-order valence-electron chi connectivity index (χ4n) is 2.18. The summed E-state index contributed by atoms with van der Waals surface area (Å²) in [5, 5.41) is 1.74. The molecule has 0 bridgehead atoms. The Morgan fingerprint density at radius 3 is 2.80 bits per heavy atom. The van der Waals surface area contributed by atoms with Crippen LogP contribution in [-0.2, 0) is 6.54 Å². The molecule has 3 aromatic rings. The lowest BCUT2D eigenvalue weighted by atomic mass is 10.1. The van der Waals surface area contributed by atoms with Gasteiger partial charge in [0.2, 0.25) is 0 Å². The monoisotopic (exact) mass is 284 g/mol. The normalized spacial score (nSPS) is 10.7. The zero-order valence-electron chi connectivity index (χ0n) is 11.0. The largest absolute Gasteiger partial charge is 0.368 e. The van der Waals surface area contributed by atoms with Gasteiger partial charge in [0.25, 0.3) is 0 Å². The first-order chi connectivity index (χ1) is 9.74.